The van der Waals surface area contributed by atoms with Crippen LogP contribution in [0.25, 0.3) is 0 Å². The minimum atomic E-state index is -3.04. The van der Waals surface area contributed by atoms with Crippen molar-refractivity contribution in [1.29, 1.82) is 0 Å². The van der Waals surface area contributed by atoms with E-state index in [4.69, 9.17) is 4.74 Å². The van der Waals surface area contributed by atoms with E-state index in [9.17, 15) is 22.4 Å². The number of halogens is 1. The average Bonchev–Trinajstić information content (AvgIpc) is 2.83. The third-order valence-electron chi connectivity index (χ3n) is 3.58. The molecule has 1 fully saturated rings. The van der Waals surface area contributed by atoms with Crippen molar-refractivity contribution in [3.63, 3.8) is 0 Å². The molecule has 0 unspecified atom stereocenters. The van der Waals surface area contributed by atoms with Gasteiger partial charge in [0, 0.05) is 18.5 Å². The first-order chi connectivity index (χ1) is 10.9. The Labute approximate surface area is 133 Å². The van der Waals surface area contributed by atoms with E-state index in [0.717, 1.165) is 0 Å². The molecule has 23 heavy (non-hydrogen) atoms. The SMILES string of the molecule is O=C(COC(=O)C[C@@H]1CCS(=O)(=O)C1)NCc1ccccc1F. The monoisotopic (exact) mass is 343 g/mol. The quantitative estimate of drug-likeness (QED) is 0.772. The van der Waals surface area contributed by atoms with Crippen LogP contribution in [0.15, 0.2) is 24.3 Å². The third kappa shape index (κ3) is 5.63. The zero-order valence-electron chi connectivity index (χ0n) is 12.5. The van der Waals surface area contributed by atoms with E-state index < -0.39 is 34.1 Å². The summed E-state index contributed by atoms with van der Waals surface area (Å²) < 4.78 is 40.7. The second kappa shape index (κ2) is 7.54. The van der Waals surface area contributed by atoms with Gasteiger partial charge in [0.25, 0.3) is 5.91 Å². The fourth-order valence-electron chi connectivity index (χ4n) is 2.36. The van der Waals surface area contributed by atoms with Gasteiger partial charge < -0.3 is 10.1 Å². The molecule has 0 radical (unpaired) electrons. The molecular weight excluding hydrogens is 325 g/mol. The third-order valence-corrected chi connectivity index (χ3v) is 5.42. The lowest BCUT2D eigenvalue weighted by Crippen LogP contribution is -2.29. The van der Waals surface area contributed by atoms with Crippen molar-refractivity contribution < 1.29 is 27.1 Å². The van der Waals surface area contributed by atoms with Crippen LogP contribution < -0.4 is 5.32 Å². The fraction of sp³-hybridized carbons (Fsp3) is 0.467. The Morgan fingerprint density at radius 3 is 2.70 bits per heavy atom. The molecule has 6 nitrogen and oxygen atoms in total. The van der Waals surface area contributed by atoms with Crippen LogP contribution in [0.3, 0.4) is 0 Å². The largest absolute Gasteiger partial charge is 0.456 e. The number of carbonyl (C=O) groups is 2. The number of hydrogen-bond donors (Lipinski definition) is 1. The molecular formula is C15H18FNO5S. The average molecular weight is 343 g/mol. The standard InChI is InChI=1S/C15H18FNO5S/c16-13-4-2-1-3-12(13)8-17-14(18)9-22-15(19)7-11-5-6-23(20,21)10-11/h1-4,11H,5-10H2,(H,17,18)/t11-/m0/s1. The topological polar surface area (TPSA) is 89.5 Å². The van der Waals surface area contributed by atoms with Crippen molar-refractivity contribution in [3.8, 4) is 0 Å². The molecule has 1 amide bonds. The highest BCUT2D eigenvalue weighted by Gasteiger charge is 2.29. The molecule has 126 valence electrons. The molecule has 1 aliphatic rings. The van der Waals surface area contributed by atoms with Crippen LogP contribution >= 0.6 is 0 Å². The molecule has 2 rings (SSSR count). The zero-order valence-corrected chi connectivity index (χ0v) is 13.3. The Morgan fingerprint density at radius 2 is 2.04 bits per heavy atom. The van der Waals surface area contributed by atoms with Crippen LogP contribution in [0, 0.1) is 11.7 Å². The van der Waals surface area contributed by atoms with Crippen molar-refractivity contribution in [3.05, 3.63) is 35.6 Å². The van der Waals surface area contributed by atoms with Gasteiger partial charge in [0.15, 0.2) is 16.4 Å². The normalized spacial score (nSPS) is 19.3. The first kappa shape index (κ1) is 17.4. The second-order valence-corrected chi connectivity index (χ2v) is 7.73. The lowest BCUT2D eigenvalue weighted by atomic mass is 10.1. The number of nitrogens with one attached hydrogen (secondary N) is 1. The molecule has 1 N–H and O–H groups in total. The summed E-state index contributed by atoms with van der Waals surface area (Å²) in [4.78, 5) is 23.2. The molecule has 8 heteroatoms. The number of amides is 1. The van der Waals surface area contributed by atoms with E-state index >= 15 is 0 Å². The Balaban J connectivity index is 1.68. The maximum Gasteiger partial charge on any atom is 0.306 e. The summed E-state index contributed by atoms with van der Waals surface area (Å²) in [5.74, 6) is -1.73. The smallest absolute Gasteiger partial charge is 0.306 e. The van der Waals surface area contributed by atoms with Gasteiger partial charge in [-0.15, -0.1) is 0 Å². The molecule has 1 saturated heterocycles. The Bertz CT molecular complexity index is 689. The van der Waals surface area contributed by atoms with Crippen molar-refractivity contribution >= 4 is 21.7 Å². The van der Waals surface area contributed by atoms with Crippen LogP contribution in [-0.4, -0.2) is 38.4 Å². The summed E-state index contributed by atoms with van der Waals surface area (Å²) in [5.41, 5.74) is 0.336. The summed E-state index contributed by atoms with van der Waals surface area (Å²) >= 11 is 0. The van der Waals surface area contributed by atoms with E-state index in [-0.39, 0.29) is 30.4 Å². The van der Waals surface area contributed by atoms with Crippen LogP contribution in [0.4, 0.5) is 4.39 Å². The van der Waals surface area contributed by atoms with Gasteiger partial charge in [-0.05, 0) is 18.4 Å². The number of sulfone groups is 1. The summed E-state index contributed by atoms with van der Waals surface area (Å²) in [6, 6.07) is 6.03. The molecule has 0 aliphatic carbocycles. The maximum absolute atomic E-state index is 13.4. The molecule has 0 saturated carbocycles. The lowest BCUT2D eigenvalue weighted by molar-refractivity contribution is -0.149. The Kier molecular flexibility index (Phi) is 5.70. The van der Waals surface area contributed by atoms with Gasteiger partial charge in [0.2, 0.25) is 0 Å². The highest BCUT2D eigenvalue weighted by molar-refractivity contribution is 7.91. The number of rotatable bonds is 6. The predicted molar refractivity (Wildman–Crippen MR) is 80.6 cm³/mol. The van der Waals surface area contributed by atoms with Gasteiger partial charge in [-0.2, -0.15) is 0 Å². The Morgan fingerprint density at radius 1 is 1.30 bits per heavy atom. The number of esters is 1. The van der Waals surface area contributed by atoms with Gasteiger partial charge in [-0.3, -0.25) is 9.59 Å². The van der Waals surface area contributed by atoms with Crippen LogP contribution in [0.2, 0.25) is 0 Å². The van der Waals surface area contributed by atoms with E-state index in [0.29, 0.717) is 12.0 Å². The van der Waals surface area contributed by atoms with E-state index in [1.54, 1.807) is 18.2 Å². The molecule has 1 heterocycles. The number of ether oxygens (including phenoxy) is 1. The molecule has 0 spiro atoms. The maximum atomic E-state index is 13.4. The van der Waals surface area contributed by atoms with Gasteiger partial charge in [0.05, 0.1) is 11.5 Å². The molecule has 1 aromatic carbocycles. The summed E-state index contributed by atoms with van der Waals surface area (Å²) in [7, 11) is -3.04. The highest BCUT2D eigenvalue weighted by Crippen LogP contribution is 2.21. The van der Waals surface area contributed by atoms with Crippen molar-refractivity contribution in [2.75, 3.05) is 18.1 Å². The summed E-state index contributed by atoms with van der Waals surface area (Å²) in [6.07, 6.45) is 0.427. The minimum Gasteiger partial charge on any atom is -0.456 e. The minimum absolute atomic E-state index is 0.00389. The van der Waals surface area contributed by atoms with Crippen molar-refractivity contribution in [2.24, 2.45) is 5.92 Å². The van der Waals surface area contributed by atoms with Gasteiger partial charge >= 0.3 is 5.97 Å². The zero-order chi connectivity index (χ0) is 16.9. The molecule has 1 aliphatic heterocycles. The number of benzene rings is 1. The highest BCUT2D eigenvalue weighted by atomic mass is 32.2. The van der Waals surface area contributed by atoms with E-state index in [1.165, 1.54) is 6.07 Å². The summed E-state index contributed by atoms with van der Waals surface area (Å²) in [5, 5.41) is 2.45. The van der Waals surface area contributed by atoms with Gasteiger partial charge in [0.1, 0.15) is 5.82 Å². The molecule has 1 aromatic rings. The molecule has 0 bridgehead atoms. The fourth-order valence-corrected chi connectivity index (χ4v) is 4.22. The van der Waals surface area contributed by atoms with Crippen molar-refractivity contribution in [2.45, 2.75) is 19.4 Å². The van der Waals surface area contributed by atoms with Crippen LogP contribution in [-0.2, 0) is 30.7 Å². The van der Waals surface area contributed by atoms with Crippen molar-refractivity contribution in [1.82, 2.24) is 5.32 Å². The second-order valence-electron chi connectivity index (χ2n) is 5.50. The molecule has 0 aromatic heterocycles. The first-order valence-electron chi connectivity index (χ1n) is 7.22. The van der Waals surface area contributed by atoms with Crippen LogP contribution in [0.1, 0.15) is 18.4 Å². The first-order valence-corrected chi connectivity index (χ1v) is 9.04. The Hall–Kier alpha value is -1.96. The lowest BCUT2D eigenvalue weighted by Gasteiger charge is -2.09. The van der Waals surface area contributed by atoms with E-state index in [1.807, 2.05) is 0 Å². The van der Waals surface area contributed by atoms with Gasteiger partial charge in [-0.25, -0.2) is 12.8 Å². The number of hydrogen-bond acceptors (Lipinski definition) is 5. The summed E-state index contributed by atoms with van der Waals surface area (Å²) in [6.45, 7) is -0.462. The predicted octanol–water partition coefficient (Wildman–Crippen LogP) is 0.810. The van der Waals surface area contributed by atoms with Crippen LogP contribution in [0.5, 0.6) is 0 Å². The van der Waals surface area contributed by atoms with E-state index in [2.05, 4.69) is 5.32 Å². The van der Waals surface area contributed by atoms with Gasteiger partial charge in [-0.1, -0.05) is 18.2 Å². The number of carbonyl (C=O) groups excluding carboxylic acids is 2. The molecule has 1 atom stereocenters.